The molecule has 3 heteroatoms. The molecule has 0 spiro atoms. The highest BCUT2D eigenvalue weighted by Gasteiger charge is 2.18. The van der Waals surface area contributed by atoms with Crippen LogP contribution in [0.5, 0.6) is 0 Å². The van der Waals surface area contributed by atoms with Crippen LogP contribution in [0.3, 0.4) is 0 Å². The summed E-state index contributed by atoms with van der Waals surface area (Å²) in [5.74, 6) is 0. The van der Waals surface area contributed by atoms with E-state index < -0.39 is 0 Å². The number of thiophene rings is 1. The molecule has 73 heavy (non-hydrogen) atoms. The minimum absolute atomic E-state index is 1.08. The van der Waals surface area contributed by atoms with E-state index in [0.717, 1.165) is 28.3 Å². The lowest BCUT2D eigenvalue weighted by molar-refractivity contribution is 1.18. The average Bonchev–Trinajstić information content (AvgIpc) is 4.01. The second-order valence-corrected chi connectivity index (χ2v) is 20.0. The summed E-state index contributed by atoms with van der Waals surface area (Å²) in [5.41, 5.74) is 18.8. The normalized spacial score (nSPS) is 11.6. The van der Waals surface area contributed by atoms with Gasteiger partial charge in [0.1, 0.15) is 0 Å². The second kappa shape index (κ2) is 17.8. The van der Waals surface area contributed by atoms with Crippen molar-refractivity contribution < 1.29 is 0 Å². The van der Waals surface area contributed by atoms with Gasteiger partial charge in [0, 0.05) is 53.6 Å². The van der Waals surface area contributed by atoms with Crippen molar-refractivity contribution in [3.05, 3.63) is 279 Å². The Morgan fingerprint density at radius 3 is 1.36 bits per heavy atom. The fraction of sp³-hybridized carbons (Fsp3) is 0. The van der Waals surface area contributed by atoms with E-state index in [1.54, 1.807) is 0 Å². The van der Waals surface area contributed by atoms with Gasteiger partial charge in [0.25, 0.3) is 0 Å². The van der Waals surface area contributed by atoms with Crippen LogP contribution in [0, 0.1) is 0 Å². The molecule has 342 valence electrons. The SMILES string of the molecule is c1cc(-c2ccc(-c3ccc(N(c4ccc(-c5ccc6sc7ccccc7c6c5)cc4)c4ccc(-c5ccccc5-n5c6ccccc6c6ccccc65)cc4)cc3)cc2)cc(-c2ccc3ccccc3c2)c1. The maximum atomic E-state index is 2.42. The van der Waals surface area contributed by atoms with Crippen molar-refractivity contribution in [3.63, 3.8) is 0 Å². The quantitative estimate of drug-likeness (QED) is 0.140. The number of fused-ring (bicyclic) bond motifs is 7. The van der Waals surface area contributed by atoms with Crippen molar-refractivity contribution >= 4 is 81.1 Å². The molecule has 0 amide bonds. The van der Waals surface area contributed by atoms with Crippen LogP contribution in [-0.2, 0) is 0 Å². The van der Waals surface area contributed by atoms with Crippen LogP contribution >= 0.6 is 11.3 Å². The van der Waals surface area contributed by atoms with Crippen molar-refractivity contribution in [2.75, 3.05) is 4.90 Å². The Morgan fingerprint density at radius 1 is 0.260 bits per heavy atom. The molecule has 14 rings (SSSR count). The van der Waals surface area contributed by atoms with Crippen LogP contribution in [0.25, 0.3) is 114 Å². The highest BCUT2D eigenvalue weighted by Crippen LogP contribution is 2.42. The minimum Gasteiger partial charge on any atom is -0.311 e. The summed E-state index contributed by atoms with van der Waals surface area (Å²) < 4.78 is 5.06. The maximum absolute atomic E-state index is 2.42. The van der Waals surface area contributed by atoms with E-state index in [0.29, 0.717) is 0 Å². The van der Waals surface area contributed by atoms with Gasteiger partial charge in [0.2, 0.25) is 0 Å². The molecule has 0 bridgehead atoms. The van der Waals surface area contributed by atoms with Crippen molar-refractivity contribution in [2.24, 2.45) is 0 Å². The summed E-state index contributed by atoms with van der Waals surface area (Å²) in [6.45, 7) is 0. The molecule has 14 aromatic rings. The van der Waals surface area contributed by atoms with E-state index in [1.807, 2.05) is 11.3 Å². The Hall–Kier alpha value is -9.28. The van der Waals surface area contributed by atoms with Gasteiger partial charge in [-0.15, -0.1) is 11.3 Å². The predicted octanol–water partition coefficient (Wildman–Crippen LogP) is 20.1. The van der Waals surface area contributed by atoms with Crippen molar-refractivity contribution in [1.82, 2.24) is 4.57 Å². The van der Waals surface area contributed by atoms with Gasteiger partial charge in [0.05, 0.1) is 16.7 Å². The zero-order valence-electron chi connectivity index (χ0n) is 39.9. The zero-order chi connectivity index (χ0) is 48.2. The Kier molecular flexibility index (Phi) is 10.4. The van der Waals surface area contributed by atoms with Crippen LogP contribution in [-0.4, -0.2) is 4.57 Å². The molecular formula is C70H46N2S. The first-order valence-electron chi connectivity index (χ1n) is 25.0. The molecule has 0 atom stereocenters. The van der Waals surface area contributed by atoms with Crippen LogP contribution in [0.4, 0.5) is 17.1 Å². The van der Waals surface area contributed by atoms with Gasteiger partial charge in [0.15, 0.2) is 0 Å². The van der Waals surface area contributed by atoms with Gasteiger partial charge < -0.3 is 9.47 Å². The number of para-hydroxylation sites is 3. The van der Waals surface area contributed by atoms with E-state index >= 15 is 0 Å². The smallest absolute Gasteiger partial charge is 0.0541 e. The second-order valence-electron chi connectivity index (χ2n) is 18.9. The third-order valence-electron chi connectivity index (χ3n) is 14.6. The molecule has 12 aromatic carbocycles. The molecule has 2 aromatic heterocycles. The monoisotopic (exact) mass is 946 g/mol. The molecule has 0 aliphatic carbocycles. The summed E-state index contributed by atoms with van der Waals surface area (Å²) >= 11 is 1.86. The number of hydrogen-bond acceptors (Lipinski definition) is 2. The lowest BCUT2D eigenvalue weighted by Crippen LogP contribution is -2.09. The van der Waals surface area contributed by atoms with Gasteiger partial charge in [-0.2, -0.15) is 0 Å². The third-order valence-corrected chi connectivity index (χ3v) is 15.8. The molecule has 0 aliphatic rings. The number of anilines is 3. The maximum Gasteiger partial charge on any atom is 0.0541 e. The van der Waals surface area contributed by atoms with Crippen LogP contribution < -0.4 is 4.90 Å². The standard InChI is InChI=1S/C70H46N2S/c1-2-13-53-45-56(29-28-47(53)12-1)55-15-11-14-54(44-55)50-26-24-48(25-27-50)49-30-37-58(38-31-49)71(59-39-32-51(33-40-59)57-36-43-70-65(46-57)64-19-6-10-23-69(64)73-70)60-41-34-52(35-42-60)61-16-3-7-20-66(61)72-67-21-8-4-17-62(67)63-18-5-9-22-68(63)72/h1-46H. The van der Waals surface area contributed by atoms with Gasteiger partial charge in [-0.25, -0.2) is 0 Å². The van der Waals surface area contributed by atoms with E-state index in [4.69, 9.17) is 0 Å². The minimum atomic E-state index is 1.08. The molecule has 0 aliphatic heterocycles. The number of benzene rings is 12. The van der Waals surface area contributed by atoms with E-state index in [-0.39, 0.29) is 0 Å². The number of rotatable bonds is 9. The van der Waals surface area contributed by atoms with Crippen LogP contribution in [0.1, 0.15) is 0 Å². The number of hydrogen-bond donors (Lipinski definition) is 0. The molecule has 0 unspecified atom stereocenters. The largest absolute Gasteiger partial charge is 0.311 e. The van der Waals surface area contributed by atoms with Crippen LogP contribution in [0.15, 0.2) is 279 Å². The van der Waals surface area contributed by atoms with Gasteiger partial charge in [-0.1, -0.05) is 194 Å². The molecule has 2 heterocycles. The number of aromatic nitrogens is 1. The first-order valence-corrected chi connectivity index (χ1v) is 25.8. The summed E-state index contributed by atoms with van der Waals surface area (Å²) in [7, 11) is 0. The highest BCUT2D eigenvalue weighted by molar-refractivity contribution is 7.25. The van der Waals surface area contributed by atoms with Gasteiger partial charge >= 0.3 is 0 Å². The molecule has 0 saturated heterocycles. The Balaban J connectivity index is 0.803. The highest BCUT2D eigenvalue weighted by atomic mass is 32.1. The van der Waals surface area contributed by atoms with Crippen LogP contribution in [0.2, 0.25) is 0 Å². The first-order chi connectivity index (χ1) is 36.2. The molecule has 0 fully saturated rings. The Labute approximate surface area is 428 Å². The lowest BCUT2D eigenvalue weighted by Gasteiger charge is -2.26. The summed E-state index contributed by atoms with van der Waals surface area (Å²) in [6.07, 6.45) is 0. The molecule has 0 N–H and O–H groups in total. The molecular weight excluding hydrogens is 901 g/mol. The number of nitrogens with zero attached hydrogens (tertiary/aromatic N) is 2. The zero-order valence-corrected chi connectivity index (χ0v) is 40.7. The fourth-order valence-electron chi connectivity index (χ4n) is 10.9. The Morgan fingerprint density at radius 2 is 0.699 bits per heavy atom. The summed E-state index contributed by atoms with van der Waals surface area (Å²) in [4.78, 5) is 2.37. The van der Waals surface area contributed by atoms with Crippen molar-refractivity contribution in [3.8, 4) is 61.3 Å². The average molecular weight is 947 g/mol. The third kappa shape index (κ3) is 7.66. The lowest BCUT2D eigenvalue weighted by atomic mass is 9.96. The molecule has 0 saturated carbocycles. The van der Waals surface area contributed by atoms with Gasteiger partial charge in [-0.05, 0) is 146 Å². The van der Waals surface area contributed by atoms with Gasteiger partial charge in [-0.3, -0.25) is 0 Å². The Bertz CT molecular complexity index is 4300. The molecule has 2 nitrogen and oxygen atoms in total. The summed E-state index contributed by atoms with van der Waals surface area (Å²) in [6, 6.07) is 102. The first kappa shape index (κ1) is 42.6. The summed E-state index contributed by atoms with van der Waals surface area (Å²) in [5, 5.41) is 7.65. The van der Waals surface area contributed by atoms with E-state index in [9.17, 15) is 0 Å². The van der Waals surface area contributed by atoms with Crippen molar-refractivity contribution in [2.45, 2.75) is 0 Å². The van der Waals surface area contributed by atoms with E-state index in [1.165, 1.54) is 103 Å². The van der Waals surface area contributed by atoms with Crippen molar-refractivity contribution in [1.29, 1.82) is 0 Å². The molecule has 0 radical (unpaired) electrons. The predicted molar refractivity (Wildman–Crippen MR) is 313 cm³/mol. The topological polar surface area (TPSA) is 8.17 Å². The van der Waals surface area contributed by atoms with E-state index in [2.05, 4.69) is 289 Å². The fourth-order valence-corrected chi connectivity index (χ4v) is 12.0.